The SMILES string of the molecule is CSc1cccc(NC(=O)c2ccn(-c3ccc(F)cc3)n2)c1. The minimum atomic E-state index is -0.312. The Bertz CT molecular complexity index is 830. The zero-order chi connectivity index (χ0) is 16.2. The molecule has 0 aliphatic carbocycles. The topological polar surface area (TPSA) is 46.9 Å². The molecule has 2 aromatic carbocycles. The second-order valence-electron chi connectivity index (χ2n) is 4.81. The standard InChI is InChI=1S/C17H14FN3OS/c1-23-15-4-2-3-13(11-15)19-17(22)16-9-10-21(20-16)14-7-5-12(18)6-8-14/h2-11H,1H3,(H,19,22). The number of thioether (sulfide) groups is 1. The highest BCUT2D eigenvalue weighted by Crippen LogP contribution is 2.19. The van der Waals surface area contributed by atoms with E-state index < -0.39 is 0 Å². The summed E-state index contributed by atoms with van der Waals surface area (Å²) >= 11 is 1.61. The molecule has 0 atom stereocenters. The second kappa shape index (κ2) is 6.66. The maximum absolute atomic E-state index is 12.9. The van der Waals surface area contributed by atoms with Crippen LogP contribution in [0.15, 0.2) is 65.7 Å². The summed E-state index contributed by atoms with van der Waals surface area (Å²) in [5.41, 5.74) is 1.71. The first-order chi connectivity index (χ1) is 11.2. The summed E-state index contributed by atoms with van der Waals surface area (Å²) in [6.07, 6.45) is 3.64. The zero-order valence-electron chi connectivity index (χ0n) is 12.4. The Morgan fingerprint density at radius 2 is 1.96 bits per heavy atom. The molecule has 0 bridgehead atoms. The average molecular weight is 327 g/mol. The number of nitrogens with zero attached hydrogens (tertiary/aromatic N) is 2. The molecule has 0 radical (unpaired) electrons. The van der Waals surface area contributed by atoms with Crippen LogP contribution in [-0.4, -0.2) is 21.9 Å². The number of carbonyl (C=O) groups excluding carboxylic acids is 1. The maximum Gasteiger partial charge on any atom is 0.276 e. The van der Waals surface area contributed by atoms with Crippen molar-refractivity contribution in [2.75, 3.05) is 11.6 Å². The first-order valence-corrected chi connectivity index (χ1v) is 8.15. The van der Waals surface area contributed by atoms with E-state index in [1.165, 1.54) is 16.8 Å². The van der Waals surface area contributed by atoms with E-state index in [2.05, 4.69) is 10.4 Å². The van der Waals surface area contributed by atoms with Crippen LogP contribution in [0, 0.1) is 5.82 Å². The Morgan fingerprint density at radius 3 is 2.70 bits per heavy atom. The van der Waals surface area contributed by atoms with Gasteiger partial charge < -0.3 is 5.32 Å². The van der Waals surface area contributed by atoms with Gasteiger partial charge in [0.05, 0.1) is 5.69 Å². The van der Waals surface area contributed by atoms with E-state index in [4.69, 9.17) is 0 Å². The molecule has 6 heteroatoms. The van der Waals surface area contributed by atoms with Crippen LogP contribution in [-0.2, 0) is 0 Å². The van der Waals surface area contributed by atoms with Crippen LogP contribution in [0.3, 0.4) is 0 Å². The Balaban J connectivity index is 1.76. The number of benzene rings is 2. The van der Waals surface area contributed by atoms with Crippen molar-refractivity contribution < 1.29 is 9.18 Å². The summed E-state index contributed by atoms with van der Waals surface area (Å²) in [6.45, 7) is 0. The molecule has 1 amide bonds. The van der Waals surface area contributed by atoms with Crippen LogP contribution >= 0.6 is 11.8 Å². The van der Waals surface area contributed by atoms with Gasteiger partial charge in [-0.25, -0.2) is 9.07 Å². The normalized spacial score (nSPS) is 10.5. The molecule has 3 rings (SSSR count). The van der Waals surface area contributed by atoms with Crippen molar-refractivity contribution in [2.24, 2.45) is 0 Å². The smallest absolute Gasteiger partial charge is 0.276 e. The predicted octanol–water partition coefficient (Wildman–Crippen LogP) is 3.99. The van der Waals surface area contributed by atoms with Crippen molar-refractivity contribution in [3.05, 3.63) is 72.3 Å². The highest BCUT2D eigenvalue weighted by Gasteiger charge is 2.11. The molecule has 0 saturated heterocycles. The summed E-state index contributed by atoms with van der Waals surface area (Å²) in [7, 11) is 0. The third-order valence-corrected chi connectivity index (χ3v) is 3.97. The van der Waals surface area contributed by atoms with Gasteiger partial charge in [-0.2, -0.15) is 5.10 Å². The molecule has 0 aliphatic heterocycles. The molecule has 0 spiro atoms. The predicted molar refractivity (Wildman–Crippen MR) is 89.7 cm³/mol. The number of aromatic nitrogens is 2. The van der Waals surface area contributed by atoms with Crippen LogP contribution < -0.4 is 5.32 Å². The van der Waals surface area contributed by atoms with Gasteiger partial charge in [-0.05, 0) is 54.8 Å². The van der Waals surface area contributed by atoms with Crippen molar-refractivity contribution in [2.45, 2.75) is 4.90 Å². The molecule has 23 heavy (non-hydrogen) atoms. The molecule has 0 fully saturated rings. The number of anilines is 1. The molecule has 0 aliphatic rings. The Hall–Kier alpha value is -2.60. The minimum Gasteiger partial charge on any atom is -0.321 e. The summed E-state index contributed by atoms with van der Waals surface area (Å²) in [5, 5.41) is 7.04. The lowest BCUT2D eigenvalue weighted by Gasteiger charge is -2.05. The van der Waals surface area contributed by atoms with Gasteiger partial charge in [0, 0.05) is 16.8 Å². The highest BCUT2D eigenvalue weighted by molar-refractivity contribution is 7.98. The molecule has 4 nitrogen and oxygen atoms in total. The molecule has 0 unspecified atom stereocenters. The van der Waals surface area contributed by atoms with Crippen molar-refractivity contribution in [1.82, 2.24) is 9.78 Å². The summed E-state index contributed by atoms with van der Waals surface area (Å²) in [6, 6.07) is 15.1. The van der Waals surface area contributed by atoms with E-state index in [0.29, 0.717) is 11.4 Å². The fourth-order valence-electron chi connectivity index (χ4n) is 2.08. The van der Waals surface area contributed by atoms with E-state index in [-0.39, 0.29) is 11.7 Å². The van der Waals surface area contributed by atoms with Crippen LogP contribution in [0.4, 0.5) is 10.1 Å². The van der Waals surface area contributed by atoms with Gasteiger partial charge in [0.25, 0.3) is 5.91 Å². The largest absolute Gasteiger partial charge is 0.321 e. The first-order valence-electron chi connectivity index (χ1n) is 6.93. The van der Waals surface area contributed by atoms with E-state index >= 15 is 0 Å². The summed E-state index contributed by atoms with van der Waals surface area (Å²) < 4.78 is 14.5. The van der Waals surface area contributed by atoms with E-state index in [0.717, 1.165) is 10.6 Å². The van der Waals surface area contributed by atoms with E-state index in [1.54, 1.807) is 36.2 Å². The number of rotatable bonds is 4. The molecule has 1 heterocycles. The lowest BCUT2D eigenvalue weighted by atomic mass is 10.3. The molecule has 1 aromatic heterocycles. The highest BCUT2D eigenvalue weighted by atomic mass is 32.2. The summed E-state index contributed by atoms with van der Waals surface area (Å²) in [5.74, 6) is -0.600. The fourth-order valence-corrected chi connectivity index (χ4v) is 2.54. The third kappa shape index (κ3) is 3.60. The number of nitrogens with one attached hydrogen (secondary N) is 1. The zero-order valence-corrected chi connectivity index (χ0v) is 13.2. The minimum absolute atomic E-state index is 0.288. The number of halogens is 1. The Labute approximate surface area is 137 Å². The van der Waals surface area contributed by atoms with Crippen LogP contribution in [0.5, 0.6) is 0 Å². The van der Waals surface area contributed by atoms with Crippen molar-refractivity contribution >= 4 is 23.4 Å². The molecule has 116 valence electrons. The quantitative estimate of drug-likeness (QED) is 0.737. The van der Waals surface area contributed by atoms with E-state index in [9.17, 15) is 9.18 Å². The first kappa shape index (κ1) is 15.3. The van der Waals surface area contributed by atoms with Crippen molar-refractivity contribution in [3.63, 3.8) is 0 Å². The number of hydrogen-bond donors (Lipinski definition) is 1. The lowest BCUT2D eigenvalue weighted by molar-refractivity contribution is 0.102. The van der Waals surface area contributed by atoms with Crippen LogP contribution in [0.25, 0.3) is 5.69 Å². The third-order valence-electron chi connectivity index (χ3n) is 3.24. The molecule has 3 aromatic rings. The van der Waals surface area contributed by atoms with Crippen molar-refractivity contribution in [3.8, 4) is 5.69 Å². The van der Waals surface area contributed by atoms with Gasteiger partial charge >= 0.3 is 0 Å². The van der Waals surface area contributed by atoms with Gasteiger partial charge in [0.1, 0.15) is 5.82 Å². The van der Waals surface area contributed by atoms with Gasteiger partial charge in [0.15, 0.2) is 5.69 Å². The number of hydrogen-bond acceptors (Lipinski definition) is 3. The number of amides is 1. The van der Waals surface area contributed by atoms with Gasteiger partial charge in [0.2, 0.25) is 0 Å². The van der Waals surface area contributed by atoms with Gasteiger partial charge in [-0.1, -0.05) is 6.07 Å². The molecule has 0 saturated carbocycles. The second-order valence-corrected chi connectivity index (χ2v) is 5.69. The van der Waals surface area contributed by atoms with Gasteiger partial charge in [-0.15, -0.1) is 11.8 Å². The fraction of sp³-hybridized carbons (Fsp3) is 0.0588. The van der Waals surface area contributed by atoms with Crippen molar-refractivity contribution in [1.29, 1.82) is 0 Å². The Kier molecular flexibility index (Phi) is 4.43. The molecule has 1 N–H and O–H groups in total. The monoisotopic (exact) mass is 327 g/mol. The van der Waals surface area contributed by atoms with E-state index in [1.807, 2.05) is 30.5 Å². The maximum atomic E-state index is 12.9. The van der Waals surface area contributed by atoms with Crippen LogP contribution in [0.2, 0.25) is 0 Å². The molecular formula is C17H14FN3OS. The van der Waals surface area contributed by atoms with Gasteiger partial charge in [-0.3, -0.25) is 4.79 Å². The summed E-state index contributed by atoms with van der Waals surface area (Å²) in [4.78, 5) is 13.3. The average Bonchev–Trinajstić information content (AvgIpc) is 3.06. The lowest BCUT2D eigenvalue weighted by Crippen LogP contribution is -2.13. The Morgan fingerprint density at radius 1 is 1.17 bits per heavy atom. The van der Waals surface area contributed by atoms with Crippen LogP contribution in [0.1, 0.15) is 10.5 Å². The molecular weight excluding hydrogens is 313 g/mol. The number of carbonyl (C=O) groups is 1.